The number of aromatic nitrogens is 2. The largest absolute Gasteiger partial charge is 0.392 e. The molecule has 150 valence electrons. The van der Waals surface area contributed by atoms with Gasteiger partial charge >= 0.3 is 0 Å². The second-order valence-electron chi connectivity index (χ2n) is 7.81. The molecule has 7 nitrogen and oxygen atoms in total. The fraction of sp³-hybridized carbons (Fsp3) is 0.550. The van der Waals surface area contributed by atoms with E-state index in [-0.39, 0.29) is 17.3 Å². The number of thiophene rings is 1. The van der Waals surface area contributed by atoms with E-state index in [1.165, 1.54) is 4.88 Å². The first-order valence-corrected chi connectivity index (χ1v) is 10.7. The van der Waals surface area contributed by atoms with Gasteiger partial charge in [-0.2, -0.15) is 4.98 Å². The van der Waals surface area contributed by atoms with Crippen molar-refractivity contribution in [1.29, 1.82) is 0 Å². The maximum atomic E-state index is 13.1. The molecule has 2 saturated heterocycles. The van der Waals surface area contributed by atoms with Crippen LogP contribution in [-0.4, -0.2) is 58.2 Å². The summed E-state index contributed by atoms with van der Waals surface area (Å²) < 4.78 is 0. The molecule has 2 aliphatic rings. The number of piperidine rings is 2. The Kier molecular flexibility index (Phi) is 5.25. The number of hydrogen-bond donors (Lipinski definition) is 2. The maximum absolute atomic E-state index is 13.1. The Morgan fingerprint density at radius 1 is 1.36 bits per heavy atom. The molecule has 0 aliphatic carbocycles. The smallest absolute Gasteiger partial charge is 0.263 e. The van der Waals surface area contributed by atoms with Gasteiger partial charge in [-0.05, 0) is 43.9 Å². The summed E-state index contributed by atoms with van der Waals surface area (Å²) in [5, 5.41) is 10.9. The van der Waals surface area contributed by atoms with Crippen LogP contribution in [0.1, 0.15) is 40.7 Å². The fourth-order valence-corrected chi connectivity index (χ4v) is 5.37. The molecule has 2 atom stereocenters. The van der Waals surface area contributed by atoms with Gasteiger partial charge < -0.3 is 20.6 Å². The Balaban J connectivity index is 1.54. The van der Waals surface area contributed by atoms with Crippen LogP contribution in [0.2, 0.25) is 0 Å². The third-order valence-electron chi connectivity index (χ3n) is 5.99. The number of likely N-dealkylation sites (tertiary alicyclic amines) is 1. The lowest BCUT2D eigenvalue weighted by molar-refractivity contribution is -0.0361. The zero-order valence-electron chi connectivity index (χ0n) is 16.2. The molecule has 8 heteroatoms. The van der Waals surface area contributed by atoms with Gasteiger partial charge in [0.1, 0.15) is 5.82 Å². The molecule has 2 aromatic heterocycles. The van der Waals surface area contributed by atoms with E-state index in [1.807, 2.05) is 23.1 Å². The van der Waals surface area contributed by atoms with E-state index >= 15 is 0 Å². The fourth-order valence-electron chi connectivity index (χ4n) is 4.46. The van der Waals surface area contributed by atoms with Gasteiger partial charge in [0.15, 0.2) is 0 Å². The molecule has 0 bridgehead atoms. The minimum absolute atomic E-state index is 0.0828. The number of anilines is 2. The van der Waals surface area contributed by atoms with Crippen LogP contribution in [-0.2, 0) is 6.42 Å². The molecule has 0 saturated carbocycles. The number of rotatable bonds is 3. The number of aryl methyl sites for hydroxylation is 1. The second kappa shape index (κ2) is 7.67. The van der Waals surface area contributed by atoms with Gasteiger partial charge in [-0.25, -0.2) is 4.98 Å². The highest BCUT2D eigenvalue weighted by atomic mass is 32.1. The number of nitrogens with zero attached hydrogens (tertiary/aromatic N) is 4. The first-order valence-electron chi connectivity index (χ1n) is 9.90. The van der Waals surface area contributed by atoms with Crippen LogP contribution in [0.3, 0.4) is 0 Å². The van der Waals surface area contributed by atoms with Gasteiger partial charge in [0.2, 0.25) is 5.95 Å². The standard InChI is InChI=1S/C20H27N5O2S/c1-2-14-4-5-15(28-14)18(27)25-10-3-8-20(13-25)12-24(11-7-16(20)26)17-6-9-22-19(21)23-17/h4-6,9,16,26H,2-3,7-8,10-13H2,1H3,(H2,21,22,23)/t16?,20-/m1/s1. The van der Waals surface area contributed by atoms with Gasteiger partial charge in [-0.3, -0.25) is 4.79 Å². The Labute approximate surface area is 169 Å². The van der Waals surface area contributed by atoms with Crippen LogP contribution < -0.4 is 10.6 Å². The molecular weight excluding hydrogens is 374 g/mol. The van der Waals surface area contributed by atoms with Crippen molar-refractivity contribution in [3.8, 4) is 0 Å². The average molecular weight is 402 g/mol. The van der Waals surface area contributed by atoms with Crippen molar-refractivity contribution in [3.05, 3.63) is 34.2 Å². The number of nitrogen functional groups attached to an aromatic ring is 1. The SMILES string of the molecule is CCc1ccc(C(=O)N2CCC[C@]3(C2)CN(c2ccnc(N)n2)CCC3O)s1. The predicted molar refractivity (Wildman–Crippen MR) is 111 cm³/mol. The molecule has 1 spiro atoms. The van der Waals surface area contributed by atoms with Gasteiger partial charge in [0, 0.05) is 42.7 Å². The average Bonchev–Trinajstić information content (AvgIpc) is 3.19. The number of aliphatic hydroxyl groups is 1. The van der Waals surface area contributed by atoms with Gasteiger partial charge in [0.25, 0.3) is 5.91 Å². The van der Waals surface area contributed by atoms with Crippen molar-refractivity contribution in [2.24, 2.45) is 5.41 Å². The number of carbonyl (C=O) groups excluding carboxylic acids is 1. The van der Waals surface area contributed by atoms with Crippen molar-refractivity contribution >= 4 is 29.0 Å². The summed E-state index contributed by atoms with van der Waals surface area (Å²) >= 11 is 1.57. The topological polar surface area (TPSA) is 95.6 Å². The number of nitrogens with two attached hydrogens (primary N) is 1. The van der Waals surface area contributed by atoms with Crippen molar-refractivity contribution in [1.82, 2.24) is 14.9 Å². The van der Waals surface area contributed by atoms with Crippen LogP contribution in [0.15, 0.2) is 24.4 Å². The normalized spacial score (nSPS) is 25.3. The van der Waals surface area contributed by atoms with Crippen LogP contribution in [0.5, 0.6) is 0 Å². The molecule has 1 unspecified atom stereocenters. The summed E-state index contributed by atoms with van der Waals surface area (Å²) in [5.74, 6) is 1.12. The highest BCUT2D eigenvalue weighted by molar-refractivity contribution is 7.14. The van der Waals surface area contributed by atoms with Gasteiger partial charge in [0.05, 0.1) is 11.0 Å². The Hall–Kier alpha value is -2.19. The minimum Gasteiger partial charge on any atom is -0.392 e. The van der Waals surface area contributed by atoms with E-state index < -0.39 is 6.10 Å². The zero-order chi connectivity index (χ0) is 19.7. The molecule has 2 aliphatic heterocycles. The molecule has 0 radical (unpaired) electrons. The van der Waals surface area contributed by atoms with Crippen molar-refractivity contribution in [3.63, 3.8) is 0 Å². The second-order valence-corrected chi connectivity index (χ2v) is 8.98. The van der Waals surface area contributed by atoms with E-state index in [2.05, 4.69) is 21.8 Å². The molecule has 0 aromatic carbocycles. The van der Waals surface area contributed by atoms with E-state index in [4.69, 9.17) is 5.73 Å². The van der Waals surface area contributed by atoms with Crippen molar-refractivity contribution in [2.75, 3.05) is 36.8 Å². The zero-order valence-corrected chi connectivity index (χ0v) is 17.0. The Bertz CT molecular complexity index is 857. The van der Waals surface area contributed by atoms with Crippen LogP contribution in [0.4, 0.5) is 11.8 Å². The molecular formula is C20H27N5O2S. The summed E-state index contributed by atoms with van der Waals surface area (Å²) in [7, 11) is 0. The highest BCUT2D eigenvalue weighted by Gasteiger charge is 2.46. The number of hydrogen-bond acceptors (Lipinski definition) is 7. The molecule has 4 rings (SSSR count). The number of carbonyl (C=O) groups is 1. The summed E-state index contributed by atoms with van der Waals surface area (Å²) in [6.07, 6.45) is 4.64. The van der Waals surface area contributed by atoms with Crippen molar-refractivity contribution in [2.45, 2.75) is 38.7 Å². The van der Waals surface area contributed by atoms with E-state index in [1.54, 1.807) is 17.5 Å². The molecule has 28 heavy (non-hydrogen) atoms. The lowest BCUT2D eigenvalue weighted by Crippen LogP contribution is -2.60. The van der Waals surface area contributed by atoms with Crippen LogP contribution in [0.25, 0.3) is 0 Å². The van der Waals surface area contributed by atoms with Gasteiger partial charge in [-0.1, -0.05) is 6.92 Å². The van der Waals surface area contributed by atoms with Crippen molar-refractivity contribution < 1.29 is 9.90 Å². The predicted octanol–water partition coefficient (Wildman–Crippen LogP) is 2.18. The van der Waals surface area contributed by atoms with Gasteiger partial charge in [-0.15, -0.1) is 11.3 Å². The monoisotopic (exact) mass is 401 g/mol. The first kappa shape index (κ1) is 19.1. The molecule has 2 fully saturated rings. The molecule has 3 N–H and O–H groups in total. The Morgan fingerprint density at radius 3 is 2.96 bits per heavy atom. The van der Waals surface area contributed by atoms with Crippen LogP contribution in [0, 0.1) is 5.41 Å². The third-order valence-corrected chi connectivity index (χ3v) is 7.20. The Morgan fingerprint density at radius 2 is 2.21 bits per heavy atom. The summed E-state index contributed by atoms with van der Waals surface area (Å²) in [6.45, 7) is 4.80. The lowest BCUT2D eigenvalue weighted by atomic mass is 9.71. The molecule has 2 aromatic rings. The van der Waals surface area contributed by atoms with Crippen LogP contribution >= 0.6 is 11.3 Å². The first-order chi connectivity index (χ1) is 13.5. The van der Waals surface area contributed by atoms with E-state index in [9.17, 15) is 9.90 Å². The summed E-state index contributed by atoms with van der Waals surface area (Å²) in [4.78, 5) is 27.5. The molecule has 4 heterocycles. The lowest BCUT2D eigenvalue weighted by Gasteiger charge is -2.51. The maximum Gasteiger partial charge on any atom is 0.263 e. The summed E-state index contributed by atoms with van der Waals surface area (Å²) in [6, 6.07) is 5.82. The number of amides is 1. The van der Waals surface area contributed by atoms with E-state index in [0.29, 0.717) is 19.5 Å². The highest BCUT2D eigenvalue weighted by Crippen LogP contribution is 2.40. The third kappa shape index (κ3) is 3.58. The minimum atomic E-state index is -0.423. The summed E-state index contributed by atoms with van der Waals surface area (Å²) in [5.41, 5.74) is 5.42. The quantitative estimate of drug-likeness (QED) is 0.818. The molecule has 1 amide bonds. The van der Waals surface area contributed by atoms with E-state index in [0.717, 1.165) is 43.0 Å². The number of aliphatic hydroxyl groups excluding tert-OH is 1.